The fourth-order valence-corrected chi connectivity index (χ4v) is 2.42. The number of hydrogen-bond acceptors (Lipinski definition) is 0. The lowest BCUT2D eigenvalue weighted by atomic mass is 10.0. The molecule has 0 aliphatic heterocycles. The lowest BCUT2D eigenvalue weighted by Gasteiger charge is -2.04. The van der Waals surface area contributed by atoms with Crippen LogP contribution in [0.4, 0.5) is 4.39 Å². The van der Waals surface area contributed by atoms with Gasteiger partial charge in [-0.3, -0.25) is 0 Å². The normalized spacial score (nSPS) is 20.5. The van der Waals surface area contributed by atoms with Crippen molar-refractivity contribution in [3.8, 4) is 0 Å². The first kappa shape index (κ1) is 11.2. The Morgan fingerprint density at radius 1 is 1.47 bits per heavy atom. The molecule has 15 heavy (non-hydrogen) atoms. The van der Waals surface area contributed by atoms with E-state index < -0.39 is 0 Å². The molecule has 1 aliphatic carbocycles. The molecule has 3 heteroatoms. The van der Waals surface area contributed by atoms with Gasteiger partial charge in [-0.2, -0.15) is 0 Å². The van der Waals surface area contributed by atoms with E-state index >= 15 is 0 Å². The largest absolute Gasteiger partial charge is 0.207 e. The Morgan fingerprint density at radius 2 is 2.27 bits per heavy atom. The van der Waals surface area contributed by atoms with E-state index in [2.05, 4.69) is 15.9 Å². The maximum Gasteiger partial charge on any atom is 0.127 e. The summed E-state index contributed by atoms with van der Waals surface area (Å²) in [6.07, 6.45) is 4.70. The summed E-state index contributed by atoms with van der Waals surface area (Å²) in [5.41, 5.74) is 1.99. The van der Waals surface area contributed by atoms with Crippen molar-refractivity contribution in [3.63, 3.8) is 0 Å². The van der Waals surface area contributed by atoms with Crippen molar-refractivity contribution in [1.29, 1.82) is 0 Å². The highest BCUT2D eigenvalue weighted by Gasteiger charge is 2.14. The fraction of sp³-hybridized carbons (Fsp3) is 0.333. The van der Waals surface area contributed by atoms with Crippen LogP contribution in [0.5, 0.6) is 0 Å². The average molecular weight is 290 g/mol. The third-order valence-corrected chi connectivity index (χ3v) is 3.43. The van der Waals surface area contributed by atoms with E-state index in [1.165, 1.54) is 11.6 Å². The molecule has 1 aliphatic rings. The Kier molecular flexibility index (Phi) is 3.47. The number of benzene rings is 1. The first-order chi connectivity index (χ1) is 7.15. The monoisotopic (exact) mass is 288 g/mol. The van der Waals surface area contributed by atoms with Gasteiger partial charge in [0, 0.05) is 4.47 Å². The van der Waals surface area contributed by atoms with Crippen LogP contribution in [0.2, 0.25) is 0 Å². The topological polar surface area (TPSA) is 0 Å². The van der Waals surface area contributed by atoms with Crippen LogP contribution in [0.25, 0.3) is 0 Å². The second-order valence-corrected chi connectivity index (χ2v) is 5.27. The lowest BCUT2D eigenvalue weighted by molar-refractivity contribution is 0.611. The van der Waals surface area contributed by atoms with Gasteiger partial charge in [-0.05, 0) is 37.0 Å². The Labute approximate surface area is 102 Å². The van der Waals surface area contributed by atoms with E-state index in [0.29, 0.717) is 6.42 Å². The van der Waals surface area contributed by atoms with Crippen LogP contribution in [-0.2, 0) is 6.42 Å². The van der Waals surface area contributed by atoms with E-state index in [-0.39, 0.29) is 11.2 Å². The average Bonchev–Trinajstić information content (AvgIpc) is 2.56. The van der Waals surface area contributed by atoms with Crippen LogP contribution < -0.4 is 0 Å². The van der Waals surface area contributed by atoms with Crippen LogP contribution in [0, 0.1) is 5.82 Å². The summed E-state index contributed by atoms with van der Waals surface area (Å²) in [7, 11) is 0. The van der Waals surface area contributed by atoms with Crippen molar-refractivity contribution in [2.45, 2.75) is 24.6 Å². The maximum absolute atomic E-state index is 13.5. The molecule has 2 rings (SSSR count). The SMILES string of the molecule is Fc1cc(Br)ccc1CC1=CC(Cl)CC1. The van der Waals surface area contributed by atoms with Crippen molar-refractivity contribution >= 4 is 27.5 Å². The number of alkyl halides is 1. The molecule has 1 unspecified atom stereocenters. The molecule has 0 radical (unpaired) electrons. The molecule has 0 heterocycles. The second-order valence-electron chi connectivity index (χ2n) is 3.79. The predicted molar refractivity (Wildman–Crippen MR) is 64.8 cm³/mol. The van der Waals surface area contributed by atoms with Crippen molar-refractivity contribution in [1.82, 2.24) is 0 Å². The Hall–Kier alpha value is -0.340. The zero-order valence-electron chi connectivity index (χ0n) is 8.14. The van der Waals surface area contributed by atoms with Gasteiger partial charge in [0.05, 0.1) is 5.38 Å². The van der Waals surface area contributed by atoms with Crippen molar-refractivity contribution in [3.05, 3.63) is 45.7 Å². The van der Waals surface area contributed by atoms with Gasteiger partial charge in [0.2, 0.25) is 0 Å². The summed E-state index contributed by atoms with van der Waals surface area (Å²) in [5, 5.41) is 0.138. The quantitative estimate of drug-likeness (QED) is 0.557. The lowest BCUT2D eigenvalue weighted by Crippen LogP contribution is -1.92. The summed E-state index contributed by atoms with van der Waals surface area (Å²) in [5.74, 6) is -0.150. The smallest absolute Gasteiger partial charge is 0.127 e. The maximum atomic E-state index is 13.5. The number of halogens is 3. The van der Waals surface area contributed by atoms with Gasteiger partial charge in [-0.25, -0.2) is 4.39 Å². The van der Waals surface area contributed by atoms with Crippen molar-refractivity contribution in [2.24, 2.45) is 0 Å². The molecule has 0 nitrogen and oxygen atoms in total. The molecule has 0 bridgehead atoms. The zero-order valence-corrected chi connectivity index (χ0v) is 10.5. The van der Waals surface area contributed by atoms with Crippen LogP contribution >= 0.6 is 27.5 Å². The molecule has 0 saturated carbocycles. The van der Waals surface area contributed by atoms with Crippen LogP contribution in [0.1, 0.15) is 18.4 Å². The van der Waals surface area contributed by atoms with Gasteiger partial charge in [-0.15, -0.1) is 11.6 Å². The van der Waals surface area contributed by atoms with E-state index in [4.69, 9.17) is 11.6 Å². The highest BCUT2D eigenvalue weighted by atomic mass is 79.9. The summed E-state index contributed by atoms with van der Waals surface area (Å²) < 4.78 is 14.3. The van der Waals surface area contributed by atoms with Crippen LogP contribution in [0.15, 0.2) is 34.3 Å². The van der Waals surface area contributed by atoms with Gasteiger partial charge in [0.1, 0.15) is 5.82 Å². The summed E-state index contributed by atoms with van der Waals surface area (Å²) >= 11 is 9.20. The van der Waals surface area contributed by atoms with E-state index in [1.54, 1.807) is 0 Å². The highest BCUT2D eigenvalue weighted by molar-refractivity contribution is 9.10. The molecule has 0 aromatic heterocycles. The molecule has 1 aromatic rings. The predicted octanol–water partition coefficient (Wildman–Crippen LogP) is 4.46. The molecule has 1 aromatic carbocycles. The van der Waals surface area contributed by atoms with Gasteiger partial charge in [0.15, 0.2) is 0 Å². The van der Waals surface area contributed by atoms with E-state index in [1.807, 2.05) is 18.2 Å². The molecular weight excluding hydrogens is 278 g/mol. The van der Waals surface area contributed by atoms with Gasteiger partial charge in [0.25, 0.3) is 0 Å². The summed E-state index contributed by atoms with van der Waals surface area (Å²) in [6.45, 7) is 0. The first-order valence-electron chi connectivity index (χ1n) is 4.93. The standard InChI is InChI=1S/C12H11BrClF/c13-10-3-2-9(12(15)7-10)5-8-1-4-11(14)6-8/h2-3,6-7,11H,1,4-5H2. The molecule has 0 amide bonds. The zero-order chi connectivity index (χ0) is 10.8. The fourth-order valence-electron chi connectivity index (χ4n) is 1.80. The molecule has 0 spiro atoms. The molecule has 0 N–H and O–H groups in total. The Bertz CT molecular complexity index is 401. The minimum Gasteiger partial charge on any atom is -0.207 e. The summed E-state index contributed by atoms with van der Waals surface area (Å²) in [6, 6.07) is 5.19. The Balaban J connectivity index is 2.14. The minimum atomic E-state index is -0.150. The molecule has 0 saturated heterocycles. The Morgan fingerprint density at radius 3 is 2.87 bits per heavy atom. The number of rotatable bonds is 2. The number of allylic oxidation sites excluding steroid dienone is 2. The van der Waals surface area contributed by atoms with Gasteiger partial charge in [-0.1, -0.05) is 33.6 Å². The molecule has 80 valence electrons. The van der Waals surface area contributed by atoms with Gasteiger partial charge < -0.3 is 0 Å². The molecular formula is C12H11BrClF. The van der Waals surface area contributed by atoms with Crippen LogP contribution in [-0.4, -0.2) is 5.38 Å². The first-order valence-corrected chi connectivity index (χ1v) is 6.15. The third-order valence-electron chi connectivity index (χ3n) is 2.59. The third kappa shape index (κ3) is 2.82. The molecule has 0 fully saturated rings. The highest BCUT2D eigenvalue weighted by Crippen LogP contribution is 2.27. The van der Waals surface area contributed by atoms with Crippen molar-refractivity contribution in [2.75, 3.05) is 0 Å². The second kappa shape index (κ2) is 4.67. The van der Waals surface area contributed by atoms with E-state index in [9.17, 15) is 4.39 Å². The number of hydrogen-bond donors (Lipinski definition) is 0. The van der Waals surface area contributed by atoms with Crippen molar-refractivity contribution < 1.29 is 4.39 Å². The molecule has 1 atom stereocenters. The van der Waals surface area contributed by atoms with Crippen LogP contribution in [0.3, 0.4) is 0 Å². The van der Waals surface area contributed by atoms with E-state index in [0.717, 1.165) is 22.9 Å². The summed E-state index contributed by atoms with van der Waals surface area (Å²) in [4.78, 5) is 0. The van der Waals surface area contributed by atoms with Gasteiger partial charge >= 0.3 is 0 Å². The minimum absolute atomic E-state index is 0.138.